The molecule has 0 saturated heterocycles. The second-order valence-electron chi connectivity index (χ2n) is 8.70. The van der Waals surface area contributed by atoms with E-state index in [1.54, 1.807) is 12.1 Å². The van der Waals surface area contributed by atoms with Crippen LogP contribution in [0, 0.1) is 22.7 Å². The van der Waals surface area contributed by atoms with E-state index in [0.717, 1.165) is 41.2 Å². The van der Waals surface area contributed by atoms with E-state index >= 15 is 0 Å². The molecular weight excluding hydrogens is 438 g/mol. The van der Waals surface area contributed by atoms with Crippen LogP contribution < -0.4 is 5.32 Å². The van der Waals surface area contributed by atoms with E-state index in [4.69, 9.17) is 9.68 Å². The zero-order valence-corrected chi connectivity index (χ0v) is 19.5. The monoisotopic (exact) mass is 463 g/mol. The maximum absolute atomic E-state index is 13.4. The van der Waals surface area contributed by atoms with Gasteiger partial charge in [-0.3, -0.25) is 4.79 Å². The Morgan fingerprint density at radius 2 is 2.06 bits per heavy atom. The van der Waals surface area contributed by atoms with Crippen LogP contribution in [-0.4, -0.2) is 28.4 Å². The van der Waals surface area contributed by atoms with Gasteiger partial charge >= 0.3 is 0 Å². The highest BCUT2D eigenvalue weighted by molar-refractivity contribution is 5.98. The highest BCUT2D eigenvalue weighted by Crippen LogP contribution is 2.27. The van der Waals surface area contributed by atoms with Crippen molar-refractivity contribution >= 4 is 27.8 Å². The largest absolute Gasteiger partial charge is 0.458 e. The Balaban J connectivity index is 1.34. The summed E-state index contributed by atoms with van der Waals surface area (Å²) in [6.45, 7) is 2.98. The normalized spacial score (nSPS) is 15.4. The molecule has 1 amide bonds. The number of hydrogen-bond acceptors (Lipinski definition) is 5. The van der Waals surface area contributed by atoms with Crippen molar-refractivity contribution in [3.8, 4) is 12.1 Å². The molecule has 0 bridgehead atoms. The summed E-state index contributed by atoms with van der Waals surface area (Å²) in [5.41, 5.74) is 4.24. The van der Waals surface area contributed by atoms with Gasteiger partial charge in [0.15, 0.2) is 0 Å². The van der Waals surface area contributed by atoms with E-state index in [-0.39, 0.29) is 11.9 Å². The highest BCUT2D eigenvalue weighted by atomic mass is 16.3. The lowest BCUT2D eigenvalue weighted by atomic mass is 9.98. The van der Waals surface area contributed by atoms with Crippen molar-refractivity contribution in [2.45, 2.75) is 38.8 Å². The van der Waals surface area contributed by atoms with Crippen LogP contribution in [0.25, 0.3) is 21.9 Å². The SMILES string of the molecule is CCN(C(=O)c1cc2cc(C#N)ccc2[nH]1)[C@@H]1C=C(NCc2oc3ccccc3c2C#N)CCC1. The molecule has 0 saturated carbocycles. The minimum absolute atomic E-state index is 0.0315. The van der Waals surface area contributed by atoms with Crippen LogP contribution in [0.1, 0.15) is 53.6 Å². The lowest BCUT2D eigenvalue weighted by Crippen LogP contribution is -2.41. The number of fused-ring (bicyclic) bond motifs is 2. The third kappa shape index (κ3) is 4.25. The molecule has 2 heterocycles. The van der Waals surface area contributed by atoms with Crippen LogP contribution in [0.15, 0.2) is 64.7 Å². The Bertz CT molecular complexity index is 1530. The van der Waals surface area contributed by atoms with Gasteiger partial charge in [-0.25, -0.2) is 0 Å². The summed E-state index contributed by atoms with van der Waals surface area (Å²) >= 11 is 0. The van der Waals surface area contributed by atoms with Gasteiger partial charge in [-0.1, -0.05) is 12.1 Å². The number of benzene rings is 2. The molecule has 0 radical (unpaired) electrons. The average molecular weight is 464 g/mol. The van der Waals surface area contributed by atoms with Crippen LogP contribution in [0.5, 0.6) is 0 Å². The quantitative estimate of drug-likeness (QED) is 0.401. The van der Waals surface area contributed by atoms with Crippen molar-refractivity contribution in [2.24, 2.45) is 0 Å². The predicted octanol–water partition coefficient (Wildman–Crippen LogP) is 5.35. The lowest BCUT2D eigenvalue weighted by Gasteiger charge is -2.32. The number of furan rings is 1. The summed E-state index contributed by atoms with van der Waals surface area (Å²) in [5.74, 6) is 0.559. The van der Waals surface area contributed by atoms with Crippen LogP contribution in [-0.2, 0) is 6.54 Å². The first-order valence-corrected chi connectivity index (χ1v) is 11.8. The van der Waals surface area contributed by atoms with Gasteiger partial charge in [0.05, 0.1) is 24.2 Å². The number of rotatable bonds is 6. The molecule has 0 aliphatic heterocycles. The predicted molar refractivity (Wildman–Crippen MR) is 133 cm³/mol. The second-order valence-corrected chi connectivity index (χ2v) is 8.70. The highest BCUT2D eigenvalue weighted by Gasteiger charge is 2.26. The van der Waals surface area contributed by atoms with E-state index in [9.17, 15) is 10.1 Å². The molecule has 0 unspecified atom stereocenters. The number of nitriles is 2. The van der Waals surface area contributed by atoms with Crippen molar-refractivity contribution in [2.75, 3.05) is 6.54 Å². The number of likely N-dealkylation sites (N-methyl/N-ethyl adjacent to an activating group) is 1. The molecular formula is C28H25N5O2. The first kappa shape index (κ1) is 22.3. The molecule has 2 N–H and O–H groups in total. The molecule has 7 nitrogen and oxygen atoms in total. The van der Waals surface area contributed by atoms with E-state index < -0.39 is 0 Å². The minimum atomic E-state index is -0.0613. The third-order valence-corrected chi connectivity index (χ3v) is 6.58. The van der Waals surface area contributed by atoms with Crippen molar-refractivity contribution in [1.82, 2.24) is 15.2 Å². The molecule has 35 heavy (non-hydrogen) atoms. The van der Waals surface area contributed by atoms with Crippen LogP contribution >= 0.6 is 0 Å². The fourth-order valence-electron chi connectivity index (χ4n) is 4.83. The van der Waals surface area contributed by atoms with Crippen LogP contribution in [0.3, 0.4) is 0 Å². The van der Waals surface area contributed by atoms with Crippen molar-refractivity contribution in [3.63, 3.8) is 0 Å². The fraction of sp³-hybridized carbons (Fsp3) is 0.250. The molecule has 4 aromatic rings. The van der Waals surface area contributed by atoms with Crippen molar-refractivity contribution < 1.29 is 9.21 Å². The van der Waals surface area contributed by atoms with E-state index in [0.29, 0.717) is 41.3 Å². The topological polar surface area (TPSA) is 109 Å². The molecule has 174 valence electrons. The van der Waals surface area contributed by atoms with Crippen molar-refractivity contribution in [1.29, 1.82) is 10.5 Å². The minimum Gasteiger partial charge on any atom is -0.458 e. The second kappa shape index (κ2) is 9.40. The first-order chi connectivity index (χ1) is 17.1. The lowest BCUT2D eigenvalue weighted by molar-refractivity contribution is 0.0706. The van der Waals surface area contributed by atoms with Crippen LogP contribution in [0.4, 0.5) is 0 Å². The number of aromatic nitrogens is 1. The molecule has 1 aliphatic carbocycles. The third-order valence-electron chi connectivity index (χ3n) is 6.58. The Labute approximate surface area is 203 Å². The molecule has 7 heteroatoms. The van der Waals surface area contributed by atoms with Gasteiger partial charge in [0, 0.05) is 28.5 Å². The van der Waals surface area contributed by atoms with Crippen LogP contribution in [0.2, 0.25) is 0 Å². The Morgan fingerprint density at radius 3 is 2.86 bits per heavy atom. The number of para-hydroxylation sites is 1. The summed E-state index contributed by atoms with van der Waals surface area (Å²) in [4.78, 5) is 18.5. The Hall–Kier alpha value is -4.49. The Kier molecular flexibility index (Phi) is 5.99. The molecule has 0 spiro atoms. The summed E-state index contributed by atoms with van der Waals surface area (Å²) in [6.07, 6.45) is 4.85. The standard InChI is InChI=1S/C28H25N5O2/c1-2-33(28(34)25-13-19-12-18(15-29)10-11-24(19)32-25)21-7-5-6-20(14-21)31-17-27-23(16-30)22-8-3-4-9-26(22)35-27/h3-4,8-14,21,31-32H,2,5-7,17H2,1H3/t21-/m0/s1. The zero-order chi connectivity index (χ0) is 24.4. The number of nitrogens with one attached hydrogen (secondary N) is 2. The number of aromatic amines is 1. The van der Waals surface area contributed by atoms with Gasteiger partial charge in [0.2, 0.25) is 0 Å². The zero-order valence-electron chi connectivity index (χ0n) is 19.5. The number of amides is 1. The smallest absolute Gasteiger partial charge is 0.270 e. The summed E-state index contributed by atoms with van der Waals surface area (Å²) < 4.78 is 5.92. The molecule has 0 fully saturated rings. The summed E-state index contributed by atoms with van der Waals surface area (Å²) in [6, 6.07) is 19.1. The number of carbonyl (C=O) groups excluding carboxylic acids is 1. The van der Waals surface area contributed by atoms with Gasteiger partial charge < -0.3 is 19.6 Å². The number of nitrogens with zero attached hydrogens (tertiary/aromatic N) is 3. The number of hydrogen-bond donors (Lipinski definition) is 2. The number of carbonyl (C=O) groups is 1. The Morgan fingerprint density at radius 1 is 1.20 bits per heavy atom. The summed E-state index contributed by atoms with van der Waals surface area (Å²) in [5, 5.41) is 23.9. The number of H-pyrrole nitrogens is 1. The van der Waals surface area contributed by atoms with E-state index in [2.05, 4.69) is 28.5 Å². The number of allylic oxidation sites excluding steroid dienone is 1. The molecule has 5 rings (SSSR count). The maximum atomic E-state index is 13.4. The van der Waals surface area contributed by atoms with Gasteiger partial charge in [-0.15, -0.1) is 0 Å². The van der Waals surface area contributed by atoms with E-state index in [1.807, 2.05) is 48.2 Å². The average Bonchev–Trinajstić information content (AvgIpc) is 3.48. The maximum Gasteiger partial charge on any atom is 0.270 e. The van der Waals surface area contributed by atoms with Gasteiger partial charge in [-0.2, -0.15) is 10.5 Å². The first-order valence-electron chi connectivity index (χ1n) is 11.8. The van der Waals surface area contributed by atoms with Gasteiger partial charge in [0.25, 0.3) is 5.91 Å². The van der Waals surface area contributed by atoms with Gasteiger partial charge in [-0.05, 0) is 68.7 Å². The molecule has 1 atom stereocenters. The summed E-state index contributed by atoms with van der Waals surface area (Å²) in [7, 11) is 0. The fourth-order valence-corrected chi connectivity index (χ4v) is 4.83. The van der Waals surface area contributed by atoms with E-state index in [1.165, 1.54) is 0 Å². The molecule has 1 aliphatic rings. The molecule has 2 aromatic carbocycles. The van der Waals surface area contributed by atoms with Crippen molar-refractivity contribution in [3.05, 3.63) is 82.9 Å². The molecule has 2 aromatic heterocycles. The van der Waals surface area contributed by atoms with Gasteiger partial charge in [0.1, 0.15) is 28.7 Å².